The second-order valence-electron chi connectivity index (χ2n) is 9.98. The molecule has 1 amide bonds. The second-order valence-corrected chi connectivity index (χ2v) is 10.9. The molecule has 2 atom stereocenters. The number of ether oxygens (including phenoxy) is 1. The number of fused-ring (bicyclic) bond motifs is 1. The molecule has 2 aromatic carbocycles. The van der Waals surface area contributed by atoms with E-state index in [1.54, 1.807) is 23.1 Å². The highest BCUT2D eigenvalue weighted by molar-refractivity contribution is 7.12. The van der Waals surface area contributed by atoms with Crippen LogP contribution in [0.15, 0.2) is 60.0 Å². The van der Waals surface area contributed by atoms with Crippen LogP contribution in [-0.4, -0.2) is 61.9 Å². The van der Waals surface area contributed by atoms with Gasteiger partial charge in [-0.2, -0.15) is 0 Å². The van der Waals surface area contributed by atoms with Gasteiger partial charge in [-0.15, -0.1) is 11.3 Å². The number of carbonyl (C=O) groups excluding carboxylic acids is 1. The number of anilines is 2. The number of nitrogens with zero attached hydrogens (tertiary/aromatic N) is 3. The number of thiophene rings is 1. The number of morpholine rings is 1. The number of hydrogen-bond donors (Lipinski definition) is 1. The number of hydrogen-bond acceptors (Lipinski definition) is 6. The summed E-state index contributed by atoms with van der Waals surface area (Å²) in [6.07, 6.45) is 0. The Bertz CT molecular complexity index is 1200. The quantitative estimate of drug-likeness (QED) is 0.512. The Morgan fingerprint density at radius 3 is 2.50 bits per heavy atom. The minimum atomic E-state index is -0.297. The molecule has 8 heteroatoms. The number of piperidine rings is 1. The summed E-state index contributed by atoms with van der Waals surface area (Å²) in [6.45, 7) is 6.00. The van der Waals surface area contributed by atoms with Crippen LogP contribution >= 0.6 is 11.3 Å². The van der Waals surface area contributed by atoms with Crippen LogP contribution in [0, 0.1) is 23.6 Å². The summed E-state index contributed by atoms with van der Waals surface area (Å²) >= 11 is 1.42. The van der Waals surface area contributed by atoms with E-state index in [2.05, 4.69) is 4.90 Å². The highest BCUT2D eigenvalue weighted by Gasteiger charge is 2.56. The van der Waals surface area contributed by atoms with Crippen molar-refractivity contribution in [2.75, 3.05) is 55.7 Å². The smallest absolute Gasteiger partial charge is 0.268 e. The van der Waals surface area contributed by atoms with E-state index in [1.165, 1.54) is 23.0 Å². The zero-order chi connectivity index (χ0) is 24.6. The van der Waals surface area contributed by atoms with Crippen molar-refractivity contribution in [3.8, 4) is 5.75 Å². The number of rotatable bonds is 7. The number of halogens is 1. The molecule has 0 radical (unpaired) electrons. The Morgan fingerprint density at radius 2 is 1.83 bits per heavy atom. The van der Waals surface area contributed by atoms with Crippen molar-refractivity contribution in [3.63, 3.8) is 0 Å². The summed E-state index contributed by atoms with van der Waals surface area (Å²) < 4.78 is 20.6. The Kier molecular flexibility index (Phi) is 6.41. The van der Waals surface area contributed by atoms with Crippen LogP contribution in [-0.2, 0) is 11.3 Å². The maximum atomic E-state index is 15.2. The zero-order valence-corrected chi connectivity index (χ0v) is 20.9. The molecule has 3 aromatic rings. The van der Waals surface area contributed by atoms with Gasteiger partial charge in [0.1, 0.15) is 11.6 Å². The number of carbonyl (C=O) groups is 1. The molecule has 2 unspecified atom stereocenters. The number of benzene rings is 2. The van der Waals surface area contributed by atoms with Gasteiger partial charge in [0.15, 0.2) is 0 Å². The van der Waals surface area contributed by atoms with Crippen molar-refractivity contribution in [2.24, 2.45) is 17.8 Å². The lowest BCUT2D eigenvalue weighted by atomic mass is 10.1. The van der Waals surface area contributed by atoms with Crippen molar-refractivity contribution in [1.29, 1.82) is 0 Å². The van der Waals surface area contributed by atoms with Gasteiger partial charge in [-0.1, -0.05) is 18.2 Å². The topological polar surface area (TPSA) is 56.2 Å². The van der Waals surface area contributed by atoms with Crippen LogP contribution in [0.4, 0.5) is 15.8 Å². The van der Waals surface area contributed by atoms with Crippen LogP contribution in [0.2, 0.25) is 0 Å². The van der Waals surface area contributed by atoms with Gasteiger partial charge in [0.05, 0.1) is 23.8 Å². The molecule has 188 valence electrons. The minimum Gasteiger partial charge on any atom is -0.508 e. The maximum Gasteiger partial charge on any atom is 0.268 e. The largest absolute Gasteiger partial charge is 0.508 e. The van der Waals surface area contributed by atoms with Gasteiger partial charge in [0.2, 0.25) is 0 Å². The van der Waals surface area contributed by atoms with Gasteiger partial charge in [0, 0.05) is 45.0 Å². The molecule has 1 N–H and O–H groups in total. The van der Waals surface area contributed by atoms with E-state index in [4.69, 9.17) is 4.74 Å². The second kappa shape index (κ2) is 9.84. The lowest BCUT2D eigenvalue weighted by Crippen LogP contribution is -2.37. The predicted molar refractivity (Wildman–Crippen MR) is 139 cm³/mol. The molecule has 0 bridgehead atoms. The van der Waals surface area contributed by atoms with E-state index in [0.717, 1.165) is 19.6 Å². The molecule has 1 aliphatic carbocycles. The third kappa shape index (κ3) is 4.73. The molecule has 6 nitrogen and oxygen atoms in total. The van der Waals surface area contributed by atoms with Crippen LogP contribution < -0.4 is 9.80 Å². The van der Waals surface area contributed by atoms with Gasteiger partial charge in [-0.25, -0.2) is 4.39 Å². The average molecular weight is 508 g/mol. The first-order valence-corrected chi connectivity index (χ1v) is 13.4. The SMILES string of the molecule is O=C(c1cccs1)N(CC1C2CN(Cc3ccc(O)cc3)CC21)c1ccc(N2CCOCC2)c(F)c1. The number of aromatic hydroxyl groups is 1. The normalized spacial score (nSPS) is 23.5. The third-order valence-corrected chi connectivity index (χ3v) is 8.61. The average Bonchev–Trinajstić information content (AvgIpc) is 3.28. The molecule has 6 rings (SSSR count). The molecular formula is C28H30FN3O3S. The fourth-order valence-corrected chi connectivity index (χ4v) is 6.44. The number of phenols is 1. The van der Waals surface area contributed by atoms with Gasteiger partial charge >= 0.3 is 0 Å². The van der Waals surface area contributed by atoms with E-state index in [-0.39, 0.29) is 17.5 Å². The van der Waals surface area contributed by atoms with E-state index in [9.17, 15) is 9.90 Å². The Balaban J connectivity index is 1.16. The Morgan fingerprint density at radius 1 is 1.08 bits per heavy atom. The summed E-state index contributed by atoms with van der Waals surface area (Å²) in [6, 6.07) is 16.3. The Hall–Kier alpha value is -2.94. The fraction of sp³-hybridized carbons (Fsp3) is 0.393. The first-order valence-electron chi connectivity index (χ1n) is 12.5. The van der Waals surface area contributed by atoms with Crippen molar-refractivity contribution < 1.29 is 19.0 Å². The lowest BCUT2D eigenvalue weighted by Gasteiger charge is -2.30. The molecular weight excluding hydrogens is 477 g/mol. The van der Waals surface area contributed by atoms with Crippen LogP contribution in [0.3, 0.4) is 0 Å². The summed E-state index contributed by atoms with van der Waals surface area (Å²) in [7, 11) is 0. The molecule has 3 heterocycles. The number of likely N-dealkylation sites (tertiary alicyclic amines) is 1. The Labute approximate surface area is 214 Å². The molecule has 36 heavy (non-hydrogen) atoms. The van der Waals surface area contributed by atoms with Crippen molar-refractivity contribution >= 4 is 28.6 Å². The van der Waals surface area contributed by atoms with E-state index < -0.39 is 0 Å². The van der Waals surface area contributed by atoms with Gasteiger partial charge in [0.25, 0.3) is 5.91 Å². The molecule has 0 spiro atoms. The van der Waals surface area contributed by atoms with Gasteiger partial charge in [-0.05, 0) is 65.1 Å². The van der Waals surface area contributed by atoms with Crippen LogP contribution in [0.25, 0.3) is 0 Å². The zero-order valence-electron chi connectivity index (χ0n) is 20.1. The standard InChI is InChI=1S/C28H30FN3O3S/c29-25-14-20(5-8-26(25)31-9-11-35-12-10-31)32(28(34)27-2-1-13-36-27)18-24-22-16-30(17-23(22)24)15-19-3-6-21(33)7-4-19/h1-8,13-14,22-24,33H,9-12,15-18H2. The molecule has 3 aliphatic rings. The van der Waals surface area contributed by atoms with E-state index >= 15 is 4.39 Å². The monoisotopic (exact) mass is 507 g/mol. The van der Waals surface area contributed by atoms with Gasteiger partial charge < -0.3 is 19.6 Å². The predicted octanol–water partition coefficient (Wildman–Crippen LogP) is 4.45. The third-order valence-electron chi connectivity index (χ3n) is 7.75. The van der Waals surface area contributed by atoms with Crippen molar-refractivity contribution in [2.45, 2.75) is 6.54 Å². The van der Waals surface area contributed by atoms with Crippen LogP contribution in [0.1, 0.15) is 15.2 Å². The highest BCUT2D eigenvalue weighted by Crippen LogP contribution is 2.52. The highest BCUT2D eigenvalue weighted by atomic mass is 32.1. The van der Waals surface area contributed by atoms with E-state index in [0.29, 0.717) is 66.9 Å². The summed E-state index contributed by atoms with van der Waals surface area (Å²) in [4.78, 5) is 20.4. The summed E-state index contributed by atoms with van der Waals surface area (Å²) in [5.41, 5.74) is 2.38. The molecule has 3 fully saturated rings. The first-order chi connectivity index (χ1) is 17.6. The van der Waals surface area contributed by atoms with Crippen molar-refractivity contribution in [1.82, 2.24) is 4.90 Å². The van der Waals surface area contributed by atoms with E-state index in [1.807, 2.05) is 40.6 Å². The molecule has 1 saturated carbocycles. The fourth-order valence-electron chi connectivity index (χ4n) is 5.77. The van der Waals surface area contributed by atoms with Gasteiger partial charge in [-0.3, -0.25) is 9.69 Å². The summed E-state index contributed by atoms with van der Waals surface area (Å²) in [5, 5.41) is 11.4. The van der Waals surface area contributed by atoms with Crippen molar-refractivity contribution in [3.05, 3.63) is 76.2 Å². The minimum absolute atomic E-state index is 0.0607. The summed E-state index contributed by atoms with van der Waals surface area (Å²) in [5.74, 6) is 1.46. The van der Waals surface area contributed by atoms with Crippen LogP contribution in [0.5, 0.6) is 5.75 Å². The number of amides is 1. The molecule has 2 aliphatic heterocycles. The number of phenolic OH excluding ortho intramolecular Hbond substituents is 1. The first kappa shape index (κ1) is 23.5. The maximum absolute atomic E-state index is 15.2. The molecule has 1 aromatic heterocycles. The molecule has 2 saturated heterocycles. The lowest BCUT2D eigenvalue weighted by molar-refractivity contribution is 0.0988.